The van der Waals surface area contributed by atoms with Gasteiger partial charge in [-0.05, 0) is 45.8 Å². The Labute approximate surface area is 130 Å². The number of benzene rings is 2. The van der Waals surface area contributed by atoms with Gasteiger partial charge in [0.1, 0.15) is 0 Å². The number of aliphatic hydroxyl groups excluding tert-OH is 1. The van der Waals surface area contributed by atoms with Crippen molar-refractivity contribution in [2.75, 3.05) is 4.72 Å². The molecule has 2 rings (SSSR count). The Hall–Kier alpha value is -1.08. The summed E-state index contributed by atoms with van der Waals surface area (Å²) in [5, 5.41) is 9.36. The van der Waals surface area contributed by atoms with Crippen LogP contribution in [0.15, 0.2) is 51.8 Å². The number of hydrogen-bond acceptors (Lipinski definition) is 3. The molecule has 4 nitrogen and oxygen atoms in total. The average Bonchev–Trinajstić information content (AvgIpc) is 2.44. The van der Waals surface area contributed by atoms with E-state index in [9.17, 15) is 8.42 Å². The highest BCUT2D eigenvalue weighted by molar-refractivity contribution is 9.10. The van der Waals surface area contributed by atoms with Gasteiger partial charge in [0, 0.05) is 0 Å². The number of rotatable bonds is 4. The highest BCUT2D eigenvalue weighted by Crippen LogP contribution is 2.31. The Kier molecular flexibility index (Phi) is 4.70. The molecule has 0 aliphatic rings. The zero-order valence-electron chi connectivity index (χ0n) is 10.2. The molecule has 0 unspecified atom stereocenters. The Morgan fingerprint density at radius 1 is 1.15 bits per heavy atom. The molecule has 0 aromatic heterocycles. The monoisotopic (exact) mass is 375 g/mol. The van der Waals surface area contributed by atoms with Crippen molar-refractivity contribution in [1.82, 2.24) is 0 Å². The Balaban J connectivity index is 2.33. The van der Waals surface area contributed by atoms with Crippen LogP contribution in [0.4, 0.5) is 5.69 Å². The van der Waals surface area contributed by atoms with Crippen LogP contribution < -0.4 is 4.72 Å². The van der Waals surface area contributed by atoms with Crippen molar-refractivity contribution >= 4 is 43.2 Å². The summed E-state index contributed by atoms with van der Waals surface area (Å²) in [5.74, 6) is 0. The van der Waals surface area contributed by atoms with E-state index >= 15 is 0 Å². The highest BCUT2D eigenvalue weighted by Gasteiger charge is 2.16. The first-order valence-corrected chi connectivity index (χ1v) is 8.26. The van der Waals surface area contributed by atoms with Gasteiger partial charge in [0.05, 0.1) is 26.7 Å². The Morgan fingerprint density at radius 3 is 2.40 bits per heavy atom. The fourth-order valence-corrected chi connectivity index (χ4v) is 3.30. The lowest BCUT2D eigenvalue weighted by atomic mass is 10.2. The standard InChI is InChI=1S/C13H11BrClNO3S/c14-13-11(15)2-1-3-12(13)16-20(18,19)10-6-4-9(8-17)5-7-10/h1-7,16-17H,8H2. The molecule has 0 saturated carbocycles. The van der Waals surface area contributed by atoms with Crippen LogP contribution in [0, 0.1) is 0 Å². The second-order valence-electron chi connectivity index (χ2n) is 4.01. The van der Waals surface area contributed by atoms with Gasteiger partial charge in [-0.2, -0.15) is 0 Å². The van der Waals surface area contributed by atoms with Crippen LogP contribution in [0.1, 0.15) is 5.56 Å². The topological polar surface area (TPSA) is 66.4 Å². The smallest absolute Gasteiger partial charge is 0.261 e. The third-order valence-electron chi connectivity index (χ3n) is 2.61. The first-order valence-electron chi connectivity index (χ1n) is 5.60. The predicted octanol–water partition coefficient (Wildman–Crippen LogP) is 3.40. The molecule has 0 aliphatic heterocycles. The number of aliphatic hydroxyl groups is 1. The number of anilines is 1. The Morgan fingerprint density at radius 2 is 1.80 bits per heavy atom. The number of sulfonamides is 1. The van der Waals surface area contributed by atoms with E-state index in [1.54, 1.807) is 30.3 Å². The van der Waals surface area contributed by atoms with E-state index in [4.69, 9.17) is 16.7 Å². The minimum absolute atomic E-state index is 0.113. The van der Waals surface area contributed by atoms with E-state index < -0.39 is 10.0 Å². The van der Waals surface area contributed by atoms with Crippen molar-refractivity contribution in [3.8, 4) is 0 Å². The van der Waals surface area contributed by atoms with Gasteiger partial charge in [0.25, 0.3) is 10.0 Å². The summed E-state index contributed by atoms with van der Waals surface area (Å²) in [4.78, 5) is 0.113. The first-order chi connectivity index (χ1) is 9.44. The molecule has 0 saturated heterocycles. The van der Waals surface area contributed by atoms with Crippen molar-refractivity contribution in [2.45, 2.75) is 11.5 Å². The van der Waals surface area contributed by atoms with Gasteiger partial charge in [-0.1, -0.05) is 29.8 Å². The van der Waals surface area contributed by atoms with E-state index in [1.165, 1.54) is 12.1 Å². The van der Waals surface area contributed by atoms with Crippen molar-refractivity contribution in [2.24, 2.45) is 0 Å². The van der Waals surface area contributed by atoms with Crippen LogP contribution in [0.2, 0.25) is 5.02 Å². The quantitative estimate of drug-likeness (QED) is 0.859. The highest BCUT2D eigenvalue weighted by atomic mass is 79.9. The lowest BCUT2D eigenvalue weighted by Crippen LogP contribution is -2.13. The first kappa shape index (κ1) is 15.3. The van der Waals surface area contributed by atoms with Crippen LogP contribution in [-0.2, 0) is 16.6 Å². The van der Waals surface area contributed by atoms with E-state index in [0.717, 1.165) is 0 Å². The molecule has 2 aromatic carbocycles. The molecule has 2 N–H and O–H groups in total. The van der Waals surface area contributed by atoms with Crippen LogP contribution >= 0.6 is 27.5 Å². The largest absolute Gasteiger partial charge is 0.392 e. The summed E-state index contributed by atoms with van der Waals surface area (Å²) in [6, 6.07) is 10.9. The lowest BCUT2D eigenvalue weighted by Gasteiger charge is -2.10. The van der Waals surface area contributed by atoms with Crippen molar-refractivity contribution in [1.29, 1.82) is 0 Å². The molecule has 0 aliphatic carbocycles. The fourth-order valence-electron chi connectivity index (χ4n) is 1.56. The molecule has 0 bridgehead atoms. The number of halogens is 2. The van der Waals surface area contributed by atoms with Gasteiger partial charge in [0.15, 0.2) is 0 Å². The van der Waals surface area contributed by atoms with Gasteiger partial charge in [-0.25, -0.2) is 8.42 Å². The molecule has 7 heteroatoms. The summed E-state index contributed by atoms with van der Waals surface area (Å²) in [7, 11) is -3.70. The second kappa shape index (κ2) is 6.13. The summed E-state index contributed by atoms with van der Waals surface area (Å²) in [6.07, 6.45) is 0. The van der Waals surface area contributed by atoms with Crippen molar-refractivity contribution in [3.05, 3.63) is 57.5 Å². The molecule has 0 radical (unpaired) electrons. The second-order valence-corrected chi connectivity index (χ2v) is 6.89. The molecule has 0 heterocycles. The molecule has 0 amide bonds. The molecular weight excluding hydrogens is 366 g/mol. The summed E-state index contributed by atoms with van der Waals surface area (Å²) in [5.41, 5.74) is 1.01. The maximum atomic E-state index is 12.2. The third-order valence-corrected chi connectivity index (χ3v) is 5.39. The summed E-state index contributed by atoms with van der Waals surface area (Å²) < 4.78 is 27.4. The zero-order valence-corrected chi connectivity index (χ0v) is 13.3. The molecule has 0 fully saturated rings. The summed E-state index contributed by atoms with van der Waals surface area (Å²) in [6.45, 7) is -0.131. The van der Waals surface area contributed by atoms with Gasteiger partial charge < -0.3 is 5.11 Å². The average molecular weight is 377 g/mol. The van der Waals surface area contributed by atoms with Gasteiger partial charge >= 0.3 is 0 Å². The summed E-state index contributed by atoms with van der Waals surface area (Å²) >= 11 is 9.16. The van der Waals surface area contributed by atoms with Gasteiger partial charge in [-0.15, -0.1) is 0 Å². The van der Waals surface area contributed by atoms with Crippen molar-refractivity contribution < 1.29 is 13.5 Å². The van der Waals surface area contributed by atoms with Gasteiger partial charge in [-0.3, -0.25) is 4.72 Å². The lowest BCUT2D eigenvalue weighted by molar-refractivity contribution is 0.282. The maximum absolute atomic E-state index is 12.2. The molecule has 0 spiro atoms. The fraction of sp³-hybridized carbons (Fsp3) is 0.0769. The van der Waals surface area contributed by atoms with E-state index in [2.05, 4.69) is 20.7 Å². The number of hydrogen-bond donors (Lipinski definition) is 2. The normalized spacial score (nSPS) is 11.3. The molecular formula is C13H11BrClNO3S. The van der Waals surface area contributed by atoms with Crippen molar-refractivity contribution in [3.63, 3.8) is 0 Å². The zero-order chi connectivity index (χ0) is 14.8. The van der Waals surface area contributed by atoms with Crippen LogP contribution in [-0.4, -0.2) is 13.5 Å². The third kappa shape index (κ3) is 3.32. The van der Waals surface area contributed by atoms with Crippen LogP contribution in [0.25, 0.3) is 0 Å². The van der Waals surface area contributed by atoms with E-state index in [0.29, 0.717) is 20.7 Å². The molecule has 0 atom stereocenters. The minimum atomic E-state index is -3.70. The molecule has 20 heavy (non-hydrogen) atoms. The van der Waals surface area contributed by atoms with E-state index in [-0.39, 0.29) is 11.5 Å². The predicted molar refractivity (Wildman–Crippen MR) is 82.3 cm³/mol. The maximum Gasteiger partial charge on any atom is 0.261 e. The van der Waals surface area contributed by atoms with Crippen LogP contribution in [0.3, 0.4) is 0 Å². The van der Waals surface area contributed by atoms with Gasteiger partial charge in [0.2, 0.25) is 0 Å². The van der Waals surface area contributed by atoms with E-state index in [1.807, 2.05) is 0 Å². The number of nitrogens with one attached hydrogen (secondary N) is 1. The molecule has 106 valence electrons. The van der Waals surface area contributed by atoms with Crippen LogP contribution in [0.5, 0.6) is 0 Å². The minimum Gasteiger partial charge on any atom is -0.392 e. The molecule has 2 aromatic rings. The SMILES string of the molecule is O=S(=O)(Nc1cccc(Cl)c1Br)c1ccc(CO)cc1. The Bertz CT molecular complexity index is 717.